The molecule has 0 heterocycles. The van der Waals surface area contributed by atoms with Gasteiger partial charge in [0, 0.05) is 7.11 Å². The van der Waals surface area contributed by atoms with Crippen molar-refractivity contribution in [3.05, 3.63) is 0 Å². The molecule has 0 saturated carbocycles. The van der Waals surface area contributed by atoms with Gasteiger partial charge < -0.3 is 10.5 Å². The van der Waals surface area contributed by atoms with E-state index in [4.69, 9.17) is 10.5 Å². The smallest absolute Gasteiger partial charge is 0.134 e. The molecule has 1 unspecified atom stereocenters. The molecule has 0 rings (SSSR count). The lowest BCUT2D eigenvalue weighted by Crippen LogP contribution is -2.31. The van der Waals surface area contributed by atoms with E-state index in [0.717, 1.165) is 12.8 Å². The Kier molecular flexibility index (Phi) is 6.37. The molecule has 0 aromatic carbocycles. The predicted molar refractivity (Wildman–Crippen MR) is 62.7 cm³/mol. The molecule has 0 aliphatic heterocycles. The van der Waals surface area contributed by atoms with Crippen molar-refractivity contribution in [1.29, 1.82) is 0 Å². The maximum atomic E-state index is 14.3. The van der Waals surface area contributed by atoms with E-state index >= 15 is 0 Å². The Balaban J connectivity index is 4.11. The average Bonchev–Trinajstić information content (AvgIpc) is 2.12. The summed E-state index contributed by atoms with van der Waals surface area (Å²) in [5, 5.41) is 0. The highest BCUT2D eigenvalue weighted by atomic mass is 19.1. The number of nitrogens with two attached hydrogens (primary N) is 1. The van der Waals surface area contributed by atoms with Crippen LogP contribution >= 0.6 is 0 Å². The van der Waals surface area contributed by atoms with Gasteiger partial charge >= 0.3 is 0 Å². The zero-order chi connectivity index (χ0) is 11.9. The lowest BCUT2D eigenvalue weighted by Gasteiger charge is -2.28. The number of methoxy groups -OCH3 is 1. The predicted octanol–water partition coefficient (Wildman–Crippen LogP) is 2.91. The number of hydrogen-bond acceptors (Lipinski definition) is 2. The summed E-state index contributed by atoms with van der Waals surface area (Å²) in [6.45, 7) is 7.11. The topological polar surface area (TPSA) is 35.2 Å². The first-order valence-corrected chi connectivity index (χ1v) is 5.71. The molecule has 1 atom stereocenters. The van der Waals surface area contributed by atoms with E-state index < -0.39 is 5.67 Å². The molecule has 0 aromatic rings. The van der Waals surface area contributed by atoms with Crippen LogP contribution in [-0.2, 0) is 4.74 Å². The van der Waals surface area contributed by atoms with E-state index in [2.05, 4.69) is 20.8 Å². The third-order valence-corrected chi connectivity index (χ3v) is 2.56. The van der Waals surface area contributed by atoms with Gasteiger partial charge in [-0.05, 0) is 37.6 Å². The van der Waals surface area contributed by atoms with Crippen LogP contribution in [0.1, 0.15) is 46.5 Å². The van der Waals surface area contributed by atoms with Crippen molar-refractivity contribution < 1.29 is 9.13 Å². The van der Waals surface area contributed by atoms with Crippen molar-refractivity contribution in [2.75, 3.05) is 20.3 Å². The molecule has 3 heteroatoms. The number of ether oxygens (including phenoxy) is 1. The van der Waals surface area contributed by atoms with Gasteiger partial charge in [-0.1, -0.05) is 20.8 Å². The summed E-state index contributed by atoms with van der Waals surface area (Å²) < 4.78 is 19.3. The Hall–Kier alpha value is -0.150. The first-order valence-electron chi connectivity index (χ1n) is 5.71. The molecule has 2 nitrogen and oxygen atoms in total. The summed E-state index contributed by atoms with van der Waals surface area (Å²) in [4.78, 5) is 0. The monoisotopic (exact) mass is 219 g/mol. The van der Waals surface area contributed by atoms with Gasteiger partial charge in [-0.15, -0.1) is 0 Å². The average molecular weight is 219 g/mol. The van der Waals surface area contributed by atoms with Crippen molar-refractivity contribution in [1.82, 2.24) is 0 Å². The summed E-state index contributed by atoms with van der Waals surface area (Å²) in [5.74, 6) is 0. The van der Waals surface area contributed by atoms with E-state index in [1.807, 2.05) is 0 Å². The van der Waals surface area contributed by atoms with Crippen LogP contribution in [0.2, 0.25) is 0 Å². The second kappa shape index (κ2) is 6.44. The van der Waals surface area contributed by atoms with Crippen LogP contribution in [0.3, 0.4) is 0 Å². The fourth-order valence-corrected chi connectivity index (χ4v) is 1.55. The second-order valence-corrected chi connectivity index (χ2v) is 5.54. The Morgan fingerprint density at radius 3 is 2.13 bits per heavy atom. The molecular weight excluding hydrogens is 193 g/mol. The van der Waals surface area contributed by atoms with Gasteiger partial charge in [0.15, 0.2) is 0 Å². The molecule has 0 spiro atoms. The lowest BCUT2D eigenvalue weighted by atomic mass is 9.84. The SMILES string of the molecule is COCC(F)(CCCN)CCC(C)(C)C. The molecule has 0 aliphatic carbocycles. The molecule has 0 aliphatic rings. The highest BCUT2D eigenvalue weighted by Gasteiger charge is 2.30. The summed E-state index contributed by atoms with van der Waals surface area (Å²) in [5.41, 5.74) is 4.39. The molecule has 0 bridgehead atoms. The first kappa shape index (κ1) is 14.8. The van der Waals surface area contributed by atoms with Gasteiger partial charge in [0.05, 0.1) is 6.61 Å². The van der Waals surface area contributed by atoms with Crippen LogP contribution in [-0.4, -0.2) is 25.9 Å². The third-order valence-electron chi connectivity index (χ3n) is 2.56. The van der Waals surface area contributed by atoms with E-state index in [0.29, 0.717) is 19.4 Å². The fourth-order valence-electron chi connectivity index (χ4n) is 1.55. The molecule has 0 aromatic heterocycles. The Morgan fingerprint density at radius 1 is 1.13 bits per heavy atom. The molecule has 0 saturated heterocycles. The second-order valence-electron chi connectivity index (χ2n) is 5.54. The van der Waals surface area contributed by atoms with Crippen LogP contribution in [0.15, 0.2) is 0 Å². The summed E-state index contributed by atoms with van der Waals surface area (Å²) >= 11 is 0. The van der Waals surface area contributed by atoms with Gasteiger partial charge in [-0.2, -0.15) is 0 Å². The van der Waals surface area contributed by atoms with Gasteiger partial charge in [-0.3, -0.25) is 0 Å². The number of halogens is 1. The van der Waals surface area contributed by atoms with Gasteiger partial charge in [0.25, 0.3) is 0 Å². The molecule has 0 amide bonds. The quantitative estimate of drug-likeness (QED) is 0.714. The Morgan fingerprint density at radius 2 is 1.73 bits per heavy atom. The van der Waals surface area contributed by atoms with Crippen LogP contribution in [0.4, 0.5) is 4.39 Å². The van der Waals surface area contributed by atoms with Crippen LogP contribution < -0.4 is 5.73 Å². The standard InChI is InChI=1S/C12H26FNO/c1-11(2,3)7-8-12(13,10-15-4)6-5-9-14/h5-10,14H2,1-4H3. The van der Waals surface area contributed by atoms with E-state index in [9.17, 15) is 4.39 Å². The largest absolute Gasteiger partial charge is 0.381 e. The minimum absolute atomic E-state index is 0.174. The van der Waals surface area contributed by atoms with Crippen molar-refractivity contribution in [2.45, 2.75) is 52.1 Å². The third kappa shape index (κ3) is 7.74. The van der Waals surface area contributed by atoms with Gasteiger partial charge in [-0.25, -0.2) is 4.39 Å². The fraction of sp³-hybridized carbons (Fsp3) is 1.00. The molecule has 15 heavy (non-hydrogen) atoms. The van der Waals surface area contributed by atoms with E-state index in [1.54, 1.807) is 7.11 Å². The molecule has 2 N–H and O–H groups in total. The van der Waals surface area contributed by atoms with Crippen molar-refractivity contribution in [3.63, 3.8) is 0 Å². The maximum Gasteiger partial charge on any atom is 0.134 e. The Bertz CT molecular complexity index is 167. The Labute approximate surface area is 93.4 Å². The summed E-state index contributed by atoms with van der Waals surface area (Å²) in [7, 11) is 1.55. The van der Waals surface area contributed by atoms with Crippen molar-refractivity contribution in [2.24, 2.45) is 11.1 Å². The molecule has 92 valence electrons. The molecule has 0 radical (unpaired) electrons. The van der Waals surface area contributed by atoms with Crippen molar-refractivity contribution in [3.8, 4) is 0 Å². The van der Waals surface area contributed by atoms with Gasteiger partial charge in [0.2, 0.25) is 0 Å². The van der Waals surface area contributed by atoms with Gasteiger partial charge in [0.1, 0.15) is 5.67 Å². The van der Waals surface area contributed by atoms with Crippen LogP contribution in [0.25, 0.3) is 0 Å². The highest BCUT2D eigenvalue weighted by Crippen LogP contribution is 2.31. The lowest BCUT2D eigenvalue weighted by molar-refractivity contribution is 0.0189. The zero-order valence-corrected chi connectivity index (χ0v) is 10.6. The minimum atomic E-state index is -1.19. The maximum absolute atomic E-state index is 14.3. The van der Waals surface area contributed by atoms with Crippen molar-refractivity contribution >= 4 is 0 Å². The normalized spacial score (nSPS) is 16.4. The molecule has 0 fully saturated rings. The van der Waals surface area contributed by atoms with E-state index in [-0.39, 0.29) is 12.0 Å². The number of alkyl halides is 1. The van der Waals surface area contributed by atoms with Crippen LogP contribution in [0, 0.1) is 5.41 Å². The van der Waals surface area contributed by atoms with Crippen LogP contribution in [0.5, 0.6) is 0 Å². The molecular formula is C12H26FNO. The number of rotatable bonds is 7. The highest BCUT2D eigenvalue weighted by molar-refractivity contribution is 4.81. The zero-order valence-electron chi connectivity index (χ0n) is 10.6. The summed E-state index contributed by atoms with van der Waals surface area (Å²) in [6.07, 6.45) is 2.67. The first-order chi connectivity index (χ1) is 6.83. The number of hydrogen-bond donors (Lipinski definition) is 1. The minimum Gasteiger partial charge on any atom is -0.381 e. The summed E-state index contributed by atoms with van der Waals surface area (Å²) in [6, 6.07) is 0. The van der Waals surface area contributed by atoms with E-state index in [1.165, 1.54) is 0 Å².